The van der Waals surface area contributed by atoms with Crippen LogP contribution in [0.25, 0.3) is 0 Å². The largest absolute Gasteiger partial charge is 0.481 e. The van der Waals surface area contributed by atoms with Gasteiger partial charge < -0.3 is 19.5 Å². The number of carbonyl (C=O) groups excluding carboxylic acids is 1. The molecule has 2 atom stereocenters. The molecule has 0 aromatic carbocycles. The van der Waals surface area contributed by atoms with Crippen molar-refractivity contribution in [3.8, 4) is 0 Å². The summed E-state index contributed by atoms with van der Waals surface area (Å²) in [6.45, 7) is -0.657. The Kier molecular flexibility index (Phi) is 3.92. The third-order valence-corrected chi connectivity index (χ3v) is 3.62. The summed E-state index contributed by atoms with van der Waals surface area (Å²) in [7, 11) is 0. The van der Waals surface area contributed by atoms with Crippen LogP contribution in [0.1, 0.15) is 6.42 Å². The van der Waals surface area contributed by atoms with E-state index in [4.69, 9.17) is 14.6 Å². The standard InChI is InChI=1S/C11H14F3NO5/c12-11(13,14)10(9(17)18)1-2-15(6-10)8(16)7-5-19-3-4-20-7/h7H,1-6H2,(H,17,18). The summed E-state index contributed by atoms with van der Waals surface area (Å²) >= 11 is 0. The Morgan fingerprint density at radius 2 is 2.00 bits per heavy atom. The molecule has 2 aliphatic heterocycles. The molecule has 20 heavy (non-hydrogen) atoms. The van der Waals surface area contributed by atoms with Crippen LogP contribution < -0.4 is 0 Å². The number of amides is 1. The maximum absolute atomic E-state index is 13.0. The highest BCUT2D eigenvalue weighted by Crippen LogP contribution is 2.45. The van der Waals surface area contributed by atoms with Gasteiger partial charge in [0.1, 0.15) is 0 Å². The van der Waals surface area contributed by atoms with E-state index in [-0.39, 0.29) is 19.8 Å². The van der Waals surface area contributed by atoms with Crippen molar-refractivity contribution in [2.75, 3.05) is 32.9 Å². The molecule has 2 fully saturated rings. The summed E-state index contributed by atoms with van der Waals surface area (Å²) in [6.07, 6.45) is -6.51. The van der Waals surface area contributed by atoms with E-state index >= 15 is 0 Å². The highest BCUT2D eigenvalue weighted by molar-refractivity contribution is 5.84. The summed E-state index contributed by atoms with van der Waals surface area (Å²) in [4.78, 5) is 23.9. The number of rotatable bonds is 2. The van der Waals surface area contributed by atoms with Crippen LogP contribution in [0.3, 0.4) is 0 Å². The molecule has 0 radical (unpaired) electrons. The zero-order chi connectivity index (χ0) is 15.0. The molecule has 0 saturated carbocycles. The molecule has 2 rings (SSSR count). The third kappa shape index (κ3) is 2.47. The number of hydrogen-bond donors (Lipinski definition) is 1. The zero-order valence-corrected chi connectivity index (χ0v) is 10.5. The van der Waals surface area contributed by atoms with Gasteiger partial charge in [0.15, 0.2) is 11.5 Å². The number of carboxylic acids is 1. The topological polar surface area (TPSA) is 76.1 Å². The minimum absolute atomic E-state index is 0.0264. The Morgan fingerprint density at radius 3 is 2.45 bits per heavy atom. The average Bonchev–Trinajstić information content (AvgIpc) is 2.85. The van der Waals surface area contributed by atoms with E-state index in [0.29, 0.717) is 6.61 Å². The zero-order valence-electron chi connectivity index (χ0n) is 10.5. The van der Waals surface area contributed by atoms with Crippen molar-refractivity contribution in [3.63, 3.8) is 0 Å². The second-order valence-electron chi connectivity index (χ2n) is 4.83. The van der Waals surface area contributed by atoms with Gasteiger partial charge in [-0.3, -0.25) is 9.59 Å². The molecule has 1 amide bonds. The maximum atomic E-state index is 13.0. The first kappa shape index (κ1) is 15.0. The van der Waals surface area contributed by atoms with Crippen molar-refractivity contribution >= 4 is 11.9 Å². The first-order valence-corrected chi connectivity index (χ1v) is 6.06. The molecule has 0 aromatic heterocycles. The van der Waals surface area contributed by atoms with Gasteiger partial charge in [-0.05, 0) is 6.42 Å². The molecule has 6 nitrogen and oxygen atoms in total. The van der Waals surface area contributed by atoms with Gasteiger partial charge in [-0.2, -0.15) is 13.2 Å². The lowest BCUT2D eigenvalue weighted by atomic mass is 9.86. The highest BCUT2D eigenvalue weighted by Gasteiger charge is 2.64. The molecule has 9 heteroatoms. The van der Waals surface area contributed by atoms with Crippen LogP contribution in [0.2, 0.25) is 0 Å². The minimum Gasteiger partial charge on any atom is -0.481 e. The summed E-state index contributed by atoms with van der Waals surface area (Å²) in [5, 5.41) is 8.90. The van der Waals surface area contributed by atoms with E-state index < -0.39 is 42.5 Å². The molecular formula is C11H14F3NO5. The van der Waals surface area contributed by atoms with Gasteiger partial charge in [0, 0.05) is 13.1 Å². The predicted octanol–water partition coefficient (Wildman–Crippen LogP) is 0.267. The highest BCUT2D eigenvalue weighted by atomic mass is 19.4. The number of hydrogen-bond acceptors (Lipinski definition) is 4. The molecule has 114 valence electrons. The summed E-state index contributed by atoms with van der Waals surface area (Å²) in [5.74, 6) is -2.61. The first-order chi connectivity index (χ1) is 9.28. The van der Waals surface area contributed by atoms with E-state index in [0.717, 1.165) is 4.90 Å². The van der Waals surface area contributed by atoms with Crippen molar-refractivity contribution < 1.29 is 37.3 Å². The lowest BCUT2D eigenvalue weighted by Crippen LogP contribution is -2.50. The van der Waals surface area contributed by atoms with Gasteiger partial charge in [0.25, 0.3) is 5.91 Å². The van der Waals surface area contributed by atoms with Crippen LogP contribution in [0.5, 0.6) is 0 Å². The molecule has 1 N–H and O–H groups in total. The number of halogens is 3. The fourth-order valence-corrected chi connectivity index (χ4v) is 2.36. The molecule has 0 spiro atoms. The van der Waals surface area contributed by atoms with Crippen LogP contribution in [0, 0.1) is 5.41 Å². The van der Waals surface area contributed by atoms with Crippen molar-refractivity contribution in [2.45, 2.75) is 18.7 Å². The third-order valence-electron chi connectivity index (χ3n) is 3.62. The van der Waals surface area contributed by atoms with E-state index in [1.165, 1.54) is 0 Å². The van der Waals surface area contributed by atoms with Crippen molar-refractivity contribution in [1.82, 2.24) is 4.90 Å². The SMILES string of the molecule is O=C(C1COCCO1)N1CCC(C(=O)O)(C(F)(F)F)C1. The molecule has 2 aliphatic rings. The van der Waals surface area contributed by atoms with Gasteiger partial charge >= 0.3 is 12.1 Å². The van der Waals surface area contributed by atoms with E-state index in [2.05, 4.69) is 0 Å². The molecule has 2 heterocycles. The Bertz CT molecular complexity index is 407. The Hall–Kier alpha value is -1.35. The van der Waals surface area contributed by atoms with Crippen LogP contribution in [-0.2, 0) is 19.1 Å². The second kappa shape index (κ2) is 5.21. The number of nitrogens with zero attached hydrogens (tertiary/aromatic N) is 1. The quantitative estimate of drug-likeness (QED) is 0.791. The van der Waals surface area contributed by atoms with Gasteiger partial charge in [-0.1, -0.05) is 0 Å². The van der Waals surface area contributed by atoms with Crippen LogP contribution >= 0.6 is 0 Å². The van der Waals surface area contributed by atoms with Gasteiger partial charge in [-0.15, -0.1) is 0 Å². The monoisotopic (exact) mass is 297 g/mol. The average molecular weight is 297 g/mol. The molecule has 0 aliphatic carbocycles. The van der Waals surface area contributed by atoms with Gasteiger partial charge in [-0.25, -0.2) is 0 Å². The molecule has 2 saturated heterocycles. The fourth-order valence-electron chi connectivity index (χ4n) is 2.36. The number of ether oxygens (including phenoxy) is 2. The predicted molar refractivity (Wildman–Crippen MR) is 57.9 cm³/mol. The summed E-state index contributed by atoms with van der Waals surface area (Å²) in [5.41, 5.74) is -2.89. The van der Waals surface area contributed by atoms with Crippen LogP contribution in [-0.4, -0.2) is 67.1 Å². The number of carboxylic acid groups (broad SMARTS) is 1. The van der Waals surface area contributed by atoms with Crippen molar-refractivity contribution in [2.24, 2.45) is 5.41 Å². The van der Waals surface area contributed by atoms with Gasteiger partial charge in [0.2, 0.25) is 0 Å². The molecule has 0 bridgehead atoms. The van der Waals surface area contributed by atoms with E-state index in [9.17, 15) is 22.8 Å². The van der Waals surface area contributed by atoms with Crippen LogP contribution in [0.15, 0.2) is 0 Å². The fraction of sp³-hybridized carbons (Fsp3) is 0.818. The smallest absolute Gasteiger partial charge is 0.406 e. The number of alkyl halides is 3. The van der Waals surface area contributed by atoms with Crippen LogP contribution in [0.4, 0.5) is 13.2 Å². The number of aliphatic carboxylic acids is 1. The van der Waals surface area contributed by atoms with Crippen molar-refractivity contribution in [1.29, 1.82) is 0 Å². The van der Waals surface area contributed by atoms with E-state index in [1.807, 2.05) is 0 Å². The number of likely N-dealkylation sites (tertiary alicyclic amines) is 1. The lowest BCUT2D eigenvalue weighted by molar-refractivity contribution is -0.227. The first-order valence-electron chi connectivity index (χ1n) is 6.06. The molecule has 0 aromatic rings. The molecular weight excluding hydrogens is 283 g/mol. The van der Waals surface area contributed by atoms with Gasteiger partial charge in [0.05, 0.1) is 19.8 Å². The molecule has 2 unspecified atom stereocenters. The van der Waals surface area contributed by atoms with E-state index in [1.54, 1.807) is 0 Å². The van der Waals surface area contributed by atoms with Crippen molar-refractivity contribution in [3.05, 3.63) is 0 Å². The second-order valence-corrected chi connectivity index (χ2v) is 4.83. The lowest BCUT2D eigenvalue weighted by Gasteiger charge is -2.29. The Morgan fingerprint density at radius 1 is 1.30 bits per heavy atom. The summed E-state index contributed by atoms with van der Waals surface area (Å²) in [6, 6.07) is 0. The number of carbonyl (C=O) groups is 2. The maximum Gasteiger partial charge on any atom is 0.406 e. The Labute approximate surface area is 112 Å². The summed E-state index contributed by atoms with van der Waals surface area (Å²) < 4.78 is 49.1. The Balaban J connectivity index is 2.10. The minimum atomic E-state index is -4.90. The normalized spacial score (nSPS) is 31.4.